The van der Waals surface area contributed by atoms with Gasteiger partial charge in [0.2, 0.25) is 0 Å². The van der Waals surface area contributed by atoms with Crippen LogP contribution in [0.2, 0.25) is 5.02 Å². The average Bonchev–Trinajstić information content (AvgIpc) is 2.53. The first-order chi connectivity index (χ1) is 10.2. The molecular weight excluding hydrogens is 282 g/mol. The summed E-state index contributed by atoms with van der Waals surface area (Å²) in [5.41, 5.74) is 1.26. The van der Waals surface area contributed by atoms with E-state index in [1.54, 1.807) is 7.11 Å². The van der Waals surface area contributed by atoms with Crippen molar-refractivity contribution in [3.63, 3.8) is 0 Å². The van der Waals surface area contributed by atoms with E-state index in [1.807, 2.05) is 12.1 Å². The second kappa shape index (κ2) is 8.05. The lowest BCUT2D eigenvalue weighted by Crippen LogP contribution is -2.32. The fourth-order valence-electron chi connectivity index (χ4n) is 3.70. The molecule has 1 saturated carbocycles. The minimum atomic E-state index is 0.372. The number of benzene rings is 1. The van der Waals surface area contributed by atoms with Crippen LogP contribution in [0.3, 0.4) is 0 Å². The Kier molecular flexibility index (Phi) is 6.38. The highest BCUT2D eigenvalue weighted by Crippen LogP contribution is 2.41. The second-order valence-corrected chi connectivity index (χ2v) is 6.56. The summed E-state index contributed by atoms with van der Waals surface area (Å²) < 4.78 is 5.57. The van der Waals surface area contributed by atoms with Gasteiger partial charge >= 0.3 is 0 Å². The average molecular weight is 310 g/mol. The lowest BCUT2D eigenvalue weighted by Gasteiger charge is -2.35. The third-order valence-electron chi connectivity index (χ3n) is 4.83. The van der Waals surface area contributed by atoms with Crippen molar-refractivity contribution in [2.24, 2.45) is 11.8 Å². The van der Waals surface area contributed by atoms with Crippen LogP contribution >= 0.6 is 11.6 Å². The van der Waals surface area contributed by atoms with Gasteiger partial charge in [0.25, 0.3) is 0 Å². The van der Waals surface area contributed by atoms with Crippen LogP contribution < -0.4 is 10.1 Å². The Morgan fingerprint density at radius 2 is 2.14 bits per heavy atom. The first kappa shape index (κ1) is 16.6. The van der Waals surface area contributed by atoms with Crippen molar-refractivity contribution >= 4 is 11.6 Å². The number of hydrogen-bond acceptors (Lipinski definition) is 2. The van der Waals surface area contributed by atoms with Crippen LogP contribution in [0.4, 0.5) is 0 Å². The molecule has 0 saturated heterocycles. The summed E-state index contributed by atoms with van der Waals surface area (Å²) in [5, 5.41) is 4.42. The van der Waals surface area contributed by atoms with Crippen molar-refractivity contribution in [1.82, 2.24) is 5.32 Å². The highest BCUT2D eigenvalue weighted by molar-refractivity contribution is 6.30. The van der Waals surface area contributed by atoms with Gasteiger partial charge in [-0.25, -0.2) is 0 Å². The van der Waals surface area contributed by atoms with Gasteiger partial charge in [0.15, 0.2) is 0 Å². The Hall–Kier alpha value is -0.730. The van der Waals surface area contributed by atoms with Crippen LogP contribution in [-0.2, 0) is 0 Å². The molecule has 1 N–H and O–H groups in total. The second-order valence-electron chi connectivity index (χ2n) is 6.12. The first-order valence-electron chi connectivity index (χ1n) is 8.26. The van der Waals surface area contributed by atoms with Crippen LogP contribution in [-0.4, -0.2) is 13.7 Å². The molecular formula is C18H28ClNO. The van der Waals surface area contributed by atoms with Crippen LogP contribution in [0.5, 0.6) is 5.75 Å². The van der Waals surface area contributed by atoms with E-state index in [2.05, 4.69) is 25.2 Å². The Morgan fingerprint density at radius 3 is 2.81 bits per heavy atom. The zero-order valence-corrected chi connectivity index (χ0v) is 14.2. The molecule has 118 valence electrons. The number of ether oxygens (including phenoxy) is 1. The number of halogens is 1. The fourth-order valence-corrected chi connectivity index (χ4v) is 3.86. The summed E-state index contributed by atoms with van der Waals surface area (Å²) in [4.78, 5) is 0. The third-order valence-corrected chi connectivity index (χ3v) is 5.06. The standard InChI is InChI=1S/C18H28ClNO/c1-4-13-7-6-8-14(11-13)18(20-5-2)16-10-9-15(19)12-17(16)21-3/h9-10,12-14,18,20H,4-8,11H2,1-3H3. The molecule has 0 spiro atoms. The molecule has 1 aliphatic carbocycles. The highest BCUT2D eigenvalue weighted by Gasteiger charge is 2.30. The molecule has 0 radical (unpaired) electrons. The number of rotatable bonds is 6. The molecule has 1 aliphatic rings. The smallest absolute Gasteiger partial charge is 0.125 e. The normalized spacial score (nSPS) is 23.8. The molecule has 0 amide bonds. The quantitative estimate of drug-likeness (QED) is 0.778. The monoisotopic (exact) mass is 309 g/mol. The van der Waals surface area contributed by atoms with Crippen molar-refractivity contribution in [3.8, 4) is 5.75 Å². The van der Waals surface area contributed by atoms with Gasteiger partial charge in [0.1, 0.15) is 5.75 Å². The van der Waals surface area contributed by atoms with Crippen LogP contribution in [0.25, 0.3) is 0 Å². The van der Waals surface area contributed by atoms with Gasteiger partial charge in [-0.1, -0.05) is 50.8 Å². The molecule has 1 aromatic rings. The SMILES string of the molecule is CCNC(c1ccc(Cl)cc1OC)C1CCCC(CC)C1. The molecule has 0 bridgehead atoms. The maximum absolute atomic E-state index is 6.11. The molecule has 2 nitrogen and oxygen atoms in total. The van der Waals surface area contributed by atoms with Gasteiger partial charge in [-0.15, -0.1) is 0 Å². The Bertz CT molecular complexity index is 449. The molecule has 0 heterocycles. The number of methoxy groups -OCH3 is 1. The zero-order chi connectivity index (χ0) is 15.2. The predicted molar refractivity (Wildman–Crippen MR) is 90.2 cm³/mol. The lowest BCUT2D eigenvalue weighted by atomic mass is 9.75. The van der Waals surface area contributed by atoms with Crippen molar-refractivity contribution in [2.45, 2.75) is 52.0 Å². The summed E-state index contributed by atoms with van der Waals surface area (Å²) in [7, 11) is 1.73. The number of hydrogen-bond donors (Lipinski definition) is 1. The van der Waals surface area contributed by atoms with E-state index in [0.29, 0.717) is 12.0 Å². The largest absolute Gasteiger partial charge is 0.496 e. The lowest BCUT2D eigenvalue weighted by molar-refractivity contribution is 0.208. The van der Waals surface area contributed by atoms with Gasteiger partial charge in [0.05, 0.1) is 7.11 Å². The fraction of sp³-hybridized carbons (Fsp3) is 0.667. The van der Waals surface area contributed by atoms with Gasteiger partial charge in [-0.3, -0.25) is 0 Å². The minimum absolute atomic E-state index is 0.372. The highest BCUT2D eigenvalue weighted by atomic mass is 35.5. The van der Waals surface area contributed by atoms with Crippen LogP contribution in [0.1, 0.15) is 57.6 Å². The van der Waals surface area contributed by atoms with Crippen molar-refractivity contribution < 1.29 is 4.74 Å². The van der Waals surface area contributed by atoms with Crippen LogP contribution in [0.15, 0.2) is 18.2 Å². The van der Waals surface area contributed by atoms with Gasteiger partial charge in [-0.05, 0) is 43.4 Å². The van der Waals surface area contributed by atoms with Crippen LogP contribution in [0, 0.1) is 11.8 Å². The molecule has 1 aromatic carbocycles. The van der Waals surface area contributed by atoms with Gasteiger partial charge in [0, 0.05) is 16.6 Å². The topological polar surface area (TPSA) is 21.3 Å². The molecule has 1 fully saturated rings. The van der Waals surface area contributed by atoms with E-state index in [-0.39, 0.29) is 0 Å². The molecule has 21 heavy (non-hydrogen) atoms. The van der Waals surface area contributed by atoms with E-state index >= 15 is 0 Å². The molecule has 2 rings (SSSR count). The van der Waals surface area contributed by atoms with Crippen molar-refractivity contribution in [3.05, 3.63) is 28.8 Å². The summed E-state index contributed by atoms with van der Waals surface area (Å²) >= 11 is 6.11. The van der Waals surface area contributed by atoms with E-state index in [9.17, 15) is 0 Å². The van der Waals surface area contributed by atoms with E-state index in [1.165, 1.54) is 37.7 Å². The van der Waals surface area contributed by atoms with Crippen molar-refractivity contribution in [1.29, 1.82) is 0 Å². The first-order valence-corrected chi connectivity index (χ1v) is 8.64. The Labute approximate surface area is 134 Å². The third kappa shape index (κ3) is 4.14. The van der Waals surface area contributed by atoms with E-state index in [4.69, 9.17) is 16.3 Å². The zero-order valence-electron chi connectivity index (χ0n) is 13.5. The summed E-state index contributed by atoms with van der Waals surface area (Å²) in [6.07, 6.45) is 6.66. The molecule has 0 aliphatic heterocycles. The summed E-state index contributed by atoms with van der Waals surface area (Å²) in [5.74, 6) is 2.48. The Balaban J connectivity index is 2.25. The van der Waals surface area contributed by atoms with Gasteiger partial charge < -0.3 is 10.1 Å². The molecule has 3 atom stereocenters. The molecule has 3 heteroatoms. The van der Waals surface area contributed by atoms with E-state index < -0.39 is 0 Å². The van der Waals surface area contributed by atoms with E-state index in [0.717, 1.165) is 23.2 Å². The predicted octanol–water partition coefficient (Wildman–Crippen LogP) is 5.22. The van der Waals surface area contributed by atoms with Crippen molar-refractivity contribution in [2.75, 3.05) is 13.7 Å². The maximum Gasteiger partial charge on any atom is 0.125 e. The molecule has 0 aromatic heterocycles. The molecule has 3 unspecified atom stereocenters. The number of nitrogens with one attached hydrogen (secondary N) is 1. The van der Waals surface area contributed by atoms with Gasteiger partial charge in [-0.2, -0.15) is 0 Å². The Morgan fingerprint density at radius 1 is 1.33 bits per heavy atom. The minimum Gasteiger partial charge on any atom is -0.496 e. The maximum atomic E-state index is 6.11. The summed E-state index contributed by atoms with van der Waals surface area (Å²) in [6, 6.07) is 6.41. The summed E-state index contributed by atoms with van der Waals surface area (Å²) in [6.45, 7) is 5.47.